The molecule has 1 aromatic carbocycles. The van der Waals surface area contributed by atoms with Gasteiger partial charge in [0.05, 0.1) is 12.3 Å². The third-order valence-electron chi connectivity index (χ3n) is 2.47. The fourth-order valence-corrected chi connectivity index (χ4v) is 1.74. The number of hydroxylamine groups is 2. The molecule has 1 heterocycles. The minimum absolute atomic E-state index is 0.0676. The van der Waals surface area contributed by atoms with Crippen molar-refractivity contribution in [1.29, 1.82) is 5.41 Å². The van der Waals surface area contributed by atoms with Crippen LogP contribution in [0, 0.1) is 5.41 Å². The highest BCUT2D eigenvalue weighted by atomic mass is 16.5. The van der Waals surface area contributed by atoms with Crippen molar-refractivity contribution in [1.82, 2.24) is 5.06 Å². The van der Waals surface area contributed by atoms with Crippen LogP contribution in [0.3, 0.4) is 0 Å². The van der Waals surface area contributed by atoms with Crippen molar-refractivity contribution in [3.8, 4) is 0 Å². The number of anilines is 2. The first-order valence-electron chi connectivity index (χ1n) is 4.41. The Morgan fingerprint density at radius 1 is 1.33 bits per heavy atom. The first-order chi connectivity index (χ1) is 7.02. The van der Waals surface area contributed by atoms with Gasteiger partial charge in [0.15, 0.2) is 6.23 Å². The Labute approximate surface area is 86.2 Å². The Balaban J connectivity index is 2.70. The molecule has 6 nitrogen and oxygen atoms in total. The molecular weight excluding hydrogens is 196 g/mol. The topological polar surface area (TPSA) is 120 Å². The maximum Gasteiger partial charge on any atom is 0.158 e. The number of nitrogen functional groups attached to an aromatic ring is 2. The van der Waals surface area contributed by atoms with Gasteiger partial charge in [-0.1, -0.05) is 0 Å². The van der Waals surface area contributed by atoms with Crippen molar-refractivity contribution in [2.45, 2.75) is 6.23 Å². The molecule has 0 saturated carbocycles. The van der Waals surface area contributed by atoms with E-state index in [0.29, 0.717) is 27.6 Å². The van der Waals surface area contributed by atoms with Crippen molar-refractivity contribution in [3.63, 3.8) is 0 Å². The maximum absolute atomic E-state index is 9.70. The van der Waals surface area contributed by atoms with Gasteiger partial charge in [-0.25, -0.2) is 0 Å². The van der Waals surface area contributed by atoms with Crippen molar-refractivity contribution < 1.29 is 10.3 Å². The van der Waals surface area contributed by atoms with Crippen LogP contribution >= 0.6 is 0 Å². The quantitative estimate of drug-likeness (QED) is 0.382. The van der Waals surface area contributed by atoms with E-state index >= 15 is 0 Å². The number of hydrogen-bond donors (Lipinski definition) is 5. The molecule has 0 radical (unpaired) electrons. The normalized spacial score (nSPS) is 21.5. The molecule has 0 aromatic heterocycles. The summed E-state index contributed by atoms with van der Waals surface area (Å²) in [6.45, 7) is -0.0676. The summed E-state index contributed by atoms with van der Waals surface area (Å²) in [5.41, 5.74) is 12.9. The van der Waals surface area contributed by atoms with Crippen molar-refractivity contribution in [3.05, 3.63) is 23.3 Å². The van der Waals surface area contributed by atoms with Crippen LogP contribution in [0.1, 0.15) is 17.4 Å². The maximum atomic E-state index is 9.70. The Hall–Kier alpha value is -1.63. The Morgan fingerprint density at radius 2 is 1.93 bits per heavy atom. The van der Waals surface area contributed by atoms with Crippen molar-refractivity contribution in [2.75, 3.05) is 18.0 Å². The molecule has 1 atom stereocenters. The SMILES string of the molecule is N=C1CN(O)C(O)c2c(N)ccc(N)c21. The fraction of sp³-hybridized carbons (Fsp3) is 0.222. The highest BCUT2D eigenvalue weighted by molar-refractivity contribution is 6.07. The lowest BCUT2D eigenvalue weighted by Crippen LogP contribution is -2.37. The van der Waals surface area contributed by atoms with Crippen LogP contribution in [0.2, 0.25) is 0 Å². The number of fused-ring (bicyclic) bond motifs is 1. The Morgan fingerprint density at radius 3 is 2.60 bits per heavy atom. The molecule has 0 saturated heterocycles. The van der Waals surface area contributed by atoms with E-state index in [9.17, 15) is 10.3 Å². The van der Waals surface area contributed by atoms with Gasteiger partial charge in [-0.2, -0.15) is 5.06 Å². The molecule has 0 fully saturated rings. The molecule has 1 aliphatic rings. The lowest BCUT2D eigenvalue weighted by atomic mass is 9.94. The average molecular weight is 208 g/mol. The zero-order valence-electron chi connectivity index (χ0n) is 7.94. The van der Waals surface area contributed by atoms with Gasteiger partial charge in [-0.05, 0) is 12.1 Å². The number of nitrogens with zero attached hydrogens (tertiary/aromatic N) is 1. The number of nitrogens with one attached hydrogen (secondary N) is 1. The van der Waals surface area contributed by atoms with Gasteiger partial charge in [0, 0.05) is 22.5 Å². The third-order valence-corrected chi connectivity index (χ3v) is 2.47. The Kier molecular flexibility index (Phi) is 2.11. The largest absolute Gasteiger partial charge is 0.398 e. The highest BCUT2D eigenvalue weighted by Crippen LogP contribution is 2.34. The summed E-state index contributed by atoms with van der Waals surface area (Å²) < 4.78 is 0. The predicted octanol–water partition coefficient (Wildman–Crippen LogP) is -0.0854. The number of hydrogen-bond acceptors (Lipinski definition) is 6. The number of aliphatic hydroxyl groups is 1. The number of nitrogens with two attached hydrogens (primary N) is 2. The summed E-state index contributed by atoms with van der Waals surface area (Å²) in [5.74, 6) is 0. The molecule has 0 spiro atoms. The lowest BCUT2D eigenvalue weighted by molar-refractivity contribution is -0.191. The van der Waals surface area contributed by atoms with Gasteiger partial charge in [0.2, 0.25) is 0 Å². The standard InChI is InChI=1S/C9H12N4O2/c10-4-1-2-5(11)8-7(4)6(12)3-13(15)9(8)14/h1-2,9,12,14-15H,3,10-11H2. The molecule has 1 aliphatic heterocycles. The molecule has 1 aromatic rings. The van der Waals surface area contributed by atoms with Crippen LogP contribution in [-0.4, -0.2) is 27.6 Å². The van der Waals surface area contributed by atoms with Crippen molar-refractivity contribution >= 4 is 17.1 Å². The summed E-state index contributed by atoms with van der Waals surface area (Å²) in [7, 11) is 0. The van der Waals surface area contributed by atoms with Crippen LogP contribution in [0.4, 0.5) is 11.4 Å². The van der Waals surface area contributed by atoms with Gasteiger partial charge in [-0.3, -0.25) is 0 Å². The lowest BCUT2D eigenvalue weighted by Gasteiger charge is -2.31. The molecule has 2 rings (SSSR count). The number of benzene rings is 1. The molecule has 1 unspecified atom stereocenters. The zero-order chi connectivity index (χ0) is 11.2. The van der Waals surface area contributed by atoms with Gasteiger partial charge in [-0.15, -0.1) is 0 Å². The van der Waals surface area contributed by atoms with Crippen LogP contribution in [-0.2, 0) is 0 Å². The monoisotopic (exact) mass is 208 g/mol. The van der Waals surface area contributed by atoms with Crippen molar-refractivity contribution in [2.24, 2.45) is 0 Å². The van der Waals surface area contributed by atoms with E-state index in [4.69, 9.17) is 16.9 Å². The molecule has 15 heavy (non-hydrogen) atoms. The molecule has 7 N–H and O–H groups in total. The summed E-state index contributed by atoms with van der Waals surface area (Å²) >= 11 is 0. The van der Waals surface area contributed by atoms with Crippen LogP contribution in [0.25, 0.3) is 0 Å². The smallest absolute Gasteiger partial charge is 0.158 e. The first kappa shape index (κ1) is 9.91. The fourth-order valence-electron chi connectivity index (χ4n) is 1.74. The molecule has 0 amide bonds. The second-order valence-electron chi connectivity index (χ2n) is 3.48. The van der Waals surface area contributed by atoms with Gasteiger partial charge in [0.1, 0.15) is 0 Å². The molecule has 80 valence electrons. The van der Waals surface area contributed by atoms with Gasteiger partial charge in [0.25, 0.3) is 0 Å². The van der Waals surface area contributed by atoms with E-state index in [1.165, 1.54) is 0 Å². The van der Waals surface area contributed by atoms with Crippen LogP contribution < -0.4 is 11.5 Å². The summed E-state index contributed by atoms with van der Waals surface area (Å²) in [6, 6.07) is 3.13. The van der Waals surface area contributed by atoms with Gasteiger partial charge < -0.3 is 27.2 Å². The van der Waals surface area contributed by atoms with E-state index in [0.717, 1.165) is 0 Å². The van der Waals surface area contributed by atoms with Crippen LogP contribution in [0.5, 0.6) is 0 Å². The number of aliphatic hydroxyl groups excluding tert-OH is 1. The third kappa shape index (κ3) is 1.35. The second-order valence-corrected chi connectivity index (χ2v) is 3.48. The zero-order valence-corrected chi connectivity index (χ0v) is 7.94. The van der Waals surface area contributed by atoms with E-state index in [2.05, 4.69) is 0 Å². The summed E-state index contributed by atoms with van der Waals surface area (Å²) in [5, 5.41) is 27.4. The predicted molar refractivity (Wildman–Crippen MR) is 55.5 cm³/mol. The van der Waals surface area contributed by atoms with E-state index in [1.807, 2.05) is 0 Å². The van der Waals surface area contributed by atoms with E-state index < -0.39 is 6.23 Å². The summed E-state index contributed by atoms with van der Waals surface area (Å²) in [4.78, 5) is 0. The average Bonchev–Trinajstić information content (AvgIpc) is 2.18. The molecular formula is C9H12N4O2. The second kappa shape index (κ2) is 3.20. The minimum Gasteiger partial charge on any atom is -0.398 e. The molecule has 6 heteroatoms. The van der Waals surface area contributed by atoms with E-state index in [-0.39, 0.29) is 12.3 Å². The molecule has 0 aliphatic carbocycles. The first-order valence-corrected chi connectivity index (χ1v) is 4.41. The molecule has 0 bridgehead atoms. The van der Waals surface area contributed by atoms with Crippen LogP contribution in [0.15, 0.2) is 12.1 Å². The highest BCUT2D eigenvalue weighted by Gasteiger charge is 2.31. The number of rotatable bonds is 0. The minimum atomic E-state index is -1.22. The van der Waals surface area contributed by atoms with E-state index in [1.54, 1.807) is 12.1 Å². The summed E-state index contributed by atoms with van der Waals surface area (Å²) in [6.07, 6.45) is -1.22. The Bertz CT molecular complexity index is 432. The van der Waals surface area contributed by atoms with Gasteiger partial charge >= 0.3 is 0 Å².